The summed E-state index contributed by atoms with van der Waals surface area (Å²) >= 11 is 0. The monoisotopic (exact) mass is 172 g/mol. The van der Waals surface area contributed by atoms with E-state index in [2.05, 4.69) is 14.9 Å². The van der Waals surface area contributed by atoms with Gasteiger partial charge in [-0.05, 0) is 18.9 Å². The van der Waals surface area contributed by atoms with E-state index in [1.54, 1.807) is 0 Å². The average Bonchev–Trinajstić information content (AvgIpc) is 2.64. The van der Waals surface area contributed by atoms with E-state index in [9.17, 15) is 4.39 Å². The first-order valence-corrected chi connectivity index (χ1v) is 4.30. The van der Waals surface area contributed by atoms with Crippen molar-refractivity contribution in [2.45, 2.75) is 6.42 Å². The van der Waals surface area contributed by atoms with E-state index in [1.165, 1.54) is 7.11 Å². The molecule has 2 aliphatic heterocycles. The van der Waals surface area contributed by atoms with E-state index in [1.807, 2.05) is 0 Å². The average molecular weight is 172 g/mol. The summed E-state index contributed by atoms with van der Waals surface area (Å²) in [6.07, 6.45) is 1.11. The third-order valence-corrected chi connectivity index (χ3v) is 2.82. The molecule has 2 bridgehead atoms. The maximum absolute atomic E-state index is 13.2. The fourth-order valence-corrected chi connectivity index (χ4v) is 2.21. The third kappa shape index (κ3) is 1.20. The van der Waals surface area contributed by atoms with Crippen LogP contribution in [0.25, 0.3) is 0 Å². The molecule has 3 atom stereocenters. The molecule has 0 radical (unpaired) electrons. The molecule has 2 heterocycles. The van der Waals surface area contributed by atoms with Gasteiger partial charge in [-0.15, -0.1) is 0 Å². The molecule has 2 fully saturated rings. The van der Waals surface area contributed by atoms with Gasteiger partial charge in [0.1, 0.15) is 7.11 Å². The van der Waals surface area contributed by atoms with Crippen molar-refractivity contribution in [1.82, 2.24) is 4.90 Å². The fraction of sp³-hybridized carbons (Fsp3) is 0.875. The zero-order chi connectivity index (χ0) is 8.55. The summed E-state index contributed by atoms with van der Waals surface area (Å²) in [5.74, 6) is 0.146. The first kappa shape index (κ1) is 7.98. The lowest BCUT2D eigenvalue weighted by Gasteiger charge is -2.18. The number of hydrogen-bond acceptors (Lipinski definition) is 3. The van der Waals surface area contributed by atoms with Gasteiger partial charge in [-0.25, -0.2) is 0 Å². The van der Waals surface area contributed by atoms with Gasteiger partial charge in [0.2, 0.25) is 5.97 Å². The molecule has 4 heteroatoms. The summed E-state index contributed by atoms with van der Waals surface area (Å²) in [7, 11) is 1.38. The van der Waals surface area contributed by atoms with E-state index in [-0.39, 0.29) is 11.9 Å². The molecule has 0 aliphatic carbocycles. The third-order valence-electron chi connectivity index (χ3n) is 2.82. The predicted molar refractivity (Wildman–Crippen MR) is 43.6 cm³/mol. The molecule has 0 amide bonds. The number of halogens is 1. The highest BCUT2D eigenvalue weighted by Crippen LogP contribution is 2.33. The normalized spacial score (nSPS) is 40.5. The van der Waals surface area contributed by atoms with Crippen LogP contribution in [0.3, 0.4) is 0 Å². The van der Waals surface area contributed by atoms with E-state index in [0.717, 1.165) is 26.1 Å². The molecule has 0 N–H and O–H groups in total. The Hall–Kier alpha value is -0.640. The topological polar surface area (TPSA) is 24.8 Å². The van der Waals surface area contributed by atoms with Crippen LogP contribution in [0.15, 0.2) is 5.16 Å². The van der Waals surface area contributed by atoms with Crippen LogP contribution in [0.1, 0.15) is 6.42 Å². The molecule has 0 saturated carbocycles. The van der Waals surface area contributed by atoms with Gasteiger partial charge >= 0.3 is 0 Å². The fourth-order valence-electron chi connectivity index (χ4n) is 2.21. The van der Waals surface area contributed by atoms with Crippen molar-refractivity contribution in [3.05, 3.63) is 0 Å². The van der Waals surface area contributed by atoms with Crippen molar-refractivity contribution in [2.24, 2.45) is 17.0 Å². The molecule has 0 aromatic heterocycles. The lowest BCUT2D eigenvalue weighted by Crippen LogP contribution is -2.27. The molecular weight excluding hydrogens is 159 g/mol. The Kier molecular flexibility index (Phi) is 2.00. The van der Waals surface area contributed by atoms with E-state index in [4.69, 9.17) is 0 Å². The maximum Gasteiger partial charge on any atom is 0.231 e. The highest BCUT2D eigenvalue weighted by Gasteiger charge is 2.41. The number of nitrogens with zero attached hydrogens (tertiary/aromatic N) is 2. The molecule has 1 unspecified atom stereocenters. The van der Waals surface area contributed by atoms with Crippen molar-refractivity contribution in [2.75, 3.05) is 26.7 Å². The Morgan fingerprint density at radius 1 is 1.58 bits per heavy atom. The van der Waals surface area contributed by atoms with Crippen molar-refractivity contribution in [3.8, 4) is 0 Å². The summed E-state index contributed by atoms with van der Waals surface area (Å²) in [5, 5.41) is 3.35. The molecule has 0 aromatic rings. The minimum absolute atomic E-state index is 0.00120. The summed E-state index contributed by atoms with van der Waals surface area (Å²) in [6, 6.07) is 0. The summed E-state index contributed by atoms with van der Waals surface area (Å²) < 4.78 is 13.2. The van der Waals surface area contributed by atoms with Crippen LogP contribution < -0.4 is 0 Å². The van der Waals surface area contributed by atoms with Crippen LogP contribution in [-0.4, -0.2) is 37.6 Å². The Morgan fingerprint density at radius 2 is 2.42 bits per heavy atom. The molecule has 0 aromatic carbocycles. The van der Waals surface area contributed by atoms with Gasteiger partial charge in [0.25, 0.3) is 0 Å². The maximum atomic E-state index is 13.2. The second-order valence-electron chi connectivity index (χ2n) is 3.51. The summed E-state index contributed by atoms with van der Waals surface area (Å²) in [4.78, 5) is 6.70. The van der Waals surface area contributed by atoms with Crippen molar-refractivity contribution < 1.29 is 9.23 Å². The Morgan fingerprint density at radius 3 is 2.92 bits per heavy atom. The van der Waals surface area contributed by atoms with Crippen molar-refractivity contribution >= 4 is 5.97 Å². The van der Waals surface area contributed by atoms with Crippen LogP contribution in [0.2, 0.25) is 0 Å². The first-order chi connectivity index (χ1) is 5.81. The summed E-state index contributed by atoms with van der Waals surface area (Å²) in [5.41, 5.74) is 0. The largest absolute Gasteiger partial charge is 0.397 e. The highest BCUT2D eigenvalue weighted by molar-refractivity contribution is 5.78. The highest BCUT2D eigenvalue weighted by atomic mass is 19.1. The van der Waals surface area contributed by atoms with Crippen LogP contribution >= 0.6 is 0 Å². The van der Waals surface area contributed by atoms with Crippen LogP contribution in [0.4, 0.5) is 4.39 Å². The van der Waals surface area contributed by atoms with Gasteiger partial charge in [0.15, 0.2) is 0 Å². The van der Waals surface area contributed by atoms with Gasteiger partial charge in [0.05, 0.1) is 0 Å². The Balaban J connectivity index is 2.02. The second kappa shape index (κ2) is 3.01. The van der Waals surface area contributed by atoms with Crippen LogP contribution in [0.5, 0.6) is 0 Å². The summed E-state index contributed by atoms with van der Waals surface area (Å²) in [6.45, 7) is 2.99. The second-order valence-corrected chi connectivity index (χ2v) is 3.51. The molecule has 12 heavy (non-hydrogen) atoms. The molecule has 68 valence electrons. The number of piperidine rings is 1. The zero-order valence-corrected chi connectivity index (χ0v) is 7.16. The quantitative estimate of drug-likeness (QED) is 0.456. The van der Waals surface area contributed by atoms with Gasteiger partial charge in [-0.2, -0.15) is 4.39 Å². The van der Waals surface area contributed by atoms with Gasteiger partial charge < -0.3 is 9.74 Å². The smallest absolute Gasteiger partial charge is 0.231 e. The number of rotatable bonds is 2. The van der Waals surface area contributed by atoms with Gasteiger partial charge in [-0.3, -0.25) is 0 Å². The van der Waals surface area contributed by atoms with Gasteiger partial charge in [-0.1, -0.05) is 5.16 Å². The Labute approximate surface area is 71.2 Å². The van der Waals surface area contributed by atoms with Crippen LogP contribution in [-0.2, 0) is 4.84 Å². The molecule has 2 aliphatic rings. The minimum atomic E-state index is -0.329. The van der Waals surface area contributed by atoms with Crippen molar-refractivity contribution in [1.29, 1.82) is 0 Å². The molecule has 3 nitrogen and oxygen atoms in total. The number of fused-ring (bicyclic) bond motifs is 2. The van der Waals surface area contributed by atoms with Crippen molar-refractivity contribution in [3.63, 3.8) is 0 Å². The zero-order valence-electron chi connectivity index (χ0n) is 7.16. The molecule has 2 saturated heterocycles. The molecule has 0 spiro atoms. The lowest BCUT2D eigenvalue weighted by molar-refractivity contribution is 0.202. The van der Waals surface area contributed by atoms with E-state index >= 15 is 0 Å². The predicted octanol–water partition coefficient (Wildman–Crippen LogP) is 0.868. The van der Waals surface area contributed by atoms with Gasteiger partial charge in [0, 0.05) is 19.0 Å². The minimum Gasteiger partial charge on any atom is -0.397 e. The SMILES string of the molecule is CO/N=C(\F)[C@H]1CN2CC[C@H]1C2. The number of hydrogen-bond donors (Lipinski definition) is 0. The van der Waals surface area contributed by atoms with Crippen LogP contribution in [0, 0.1) is 11.8 Å². The van der Waals surface area contributed by atoms with E-state index < -0.39 is 0 Å². The Bertz CT molecular complexity index is 207. The lowest BCUT2D eigenvalue weighted by atomic mass is 9.93. The van der Waals surface area contributed by atoms with E-state index in [0.29, 0.717) is 5.92 Å². The standard InChI is InChI=1S/C8H13FN2O/c1-12-10-8(9)7-5-11-3-2-6(7)4-11/h6-7H,2-5H2,1H3/b10-8-/t6-,7-/m0/s1. The first-order valence-electron chi connectivity index (χ1n) is 4.30. The molecular formula is C8H13FN2O. The number of oxime groups is 1. The molecule has 2 rings (SSSR count).